The van der Waals surface area contributed by atoms with Crippen LogP contribution in [-0.4, -0.2) is 29.6 Å². The van der Waals surface area contributed by atoms with E-state index < -0.39 is 12.7 Å². The van der Waals surface area contributed by atoms with Crippen molar-refractivity contribution in [3.05, 3.63) is 24.0 Å². The molecule has 4 nitrogen and oxygen atoms in total. The lowest BCUT2D eigenvalue weighted by Crippen LogP contribution is -2.40. The molecule has 0 saturated heterocycles. The van der Waals surface area contributed by atoms with Crippen molar-refractivity contribution in [2.75, 3.05) is 0 Å². The lowest BCUT2D eigenvalue weighted by molar-refractivity contribution is -0.196. The Balaban J connectivity index is 1.80. The Morgan fingerprint density at radius 3 is 2.68 bits per heavy atom. The third-order valence-corrected chi connectivity index (χ3v) is 2.99. The number of nitrogens with zero attached hydrogens (tertiary/aromatic N) is 1. The predicted octanol–water partition coefficient (Wildman–Crippen LogP) is 2.82. The topological polar surface area (TPSA) is 48.4 Å². The minimum atomic E-state index is -2.73. The summed E-state index contributed by atoms with van der Waals surface area (Å²) in [6, 6.07) is 3.27. The van der Waals surface area contributed by atoms with Crippen molar-refractivity contribution in [2.24, 2.45) is 0 Å². The molecule has 104 valence electrons. The van der Waals surface area contributed by atoms with Gasteiger partial charge in [-0.2, -0.15) is 8.78 Å². The van der Waals surface area contributed by atoms with Crippen LogP contribution in [0.2, 0.25) is 0 Å². The molecule has 19 heavy (non-hydrogen) atoms. The molecule has 0 spiro atoms. The Morgan fingerprint density at radius 2 is 2.16 bits per heavy atom. The van der Waals surface area contributed by atoms with Crippen LogP contribution in [0, 0.1) is 0 Å². The van der Waals surface area contributed by atoms with Crippen LogP contribution in [0.5, 0.6) is 5.75 Å². The van der Waals surface area contributed by atoms with Gasteiger partial charge in [-0.1, -0.05) is 6.92 Å². The molecule has 0 radical (unpaired) electrons. The number of pyridine rings is 1. The SMILES string of the molecule is CCC(=O)c1ccc(O[C@H]2C[C@H](OC(F)F)C2)cn1. The molecular weight excluding hydrogens is 256 g/mol. The minimum Gasteiger partial charge on any atom is -0.489 e. The first kappa shape index (κ1) is 13.9. The maximum atomic E-state index is 11.9. The normalized spacial score (nSPS) is 22.1. The molecule has 1 heterocycles. The molecule has 0 unspecified atom stereocenters. The van der Waals surface area contributed by atoms with E-state index in [0.717, 1.165) is 0 Å². The summed E-state index contributed by atoms with van der Waals surface area (Å²) in [5, 5.41) is 0. The predicted molar refractivity (Wildman–Crippen MR) is 63.4 cm³/mol. The summed E-state index contributed by atoms with van der Waals surface area (Å²) >= 11 is 0. The Kier molecular flexibility index (Phi) is 4.42. The van der Waals surface area contributed by atoms with Crippen LogP contribution in [0.25, 0.3) is 0 Å². The van der Waals surface area contributed by atoms with Crippen molar-refractivity contribution in [3.63, 3.8) is 0 Å². The largest absolute Gasteiger partial charge is 0.489 e. The molecule has 1 saturated carbocycles. The maximum absolute atomic E-state index is 11.9. The fraction of sp³-hybridized carbons (Fsp3) is 0.538. The van der Waals surface area contributed by atoms with E-state index in [1.165, 1.54) is 6.20 Å². The third-order valence-electron chi connectivity index (χ3n) is 2.99. The summed E-state index contributed by atoms with van der Waals surface area (Å²) in [5.74, 6) is 0.508. The van der Waals surface area contributed by atoms with Crippen molar-refractivity contribution in [2.45, 2.75) is 45.0 Å². The monoisotopic (exact) mass is 271 g/mol. The Labute approximate surface area is 109 Å². The summed E-state index contributed by atoms with van der Waals surface area (Å²) in [4.78, 5) is 15.4. The van der Waals surface area contributed by atoms with E-state index in [2.05, 4.69) is 9.72 Å². The molecule has 1 aromatic rings. The first-order valence-electron chi connectivity index (χ1n) is 6.18. The van der Waals surface area contributed by atoms with Crippen LogP contribution < -0.4 is 4.74 Å². The number of carbonyl (C=O) groups excluding carboxylic acids is 1. The van der Waals surface area contributed by atoms with Gasteiger partial charge in [0.05, 0.1) is 12.3 Å². The van der Waals surface area contributed by atoms with E-state index in [0.29, 0.717) is 30.7 Å². The molecule has 0 amide bonds. The Bertz CT molecular complexity index is 430. The van der Waals surface area contributed by atoms with Gasteiger partial charge in [-0.3, -0.25) is 4.79 Å². The second-order valence-corrected chi connectivity index (χ2v) is 4.39. The van der Waals surface area contributed by atoms with Crippen LogP contribution in [0.15, 0.2) is 18.3 Å². The van der Waals surface area contributed by atoms with Gasteiger partial charge in [0.15, 0.2) is 5.78 Å². The summed E-state index contributed by atoms with van der Waals surface area (Å²) < 4.78 is 33.7. The highest BCUT2D eigenvalue weighted by Crippen LogP contribution is 2.29. The van der Waals surface area contributed by atoms with E-state index in [9.17, 15) is 13.6 Å². The van der Waals surface area contributed by atoms with Crippen molar-refractivity contribution in [3.8, 4) is 5.75 Å². The highest BCUT2D eigenvalue weighted by molar-refractivity contribution is 5.93. The van der Waals surface area contributed by atoms with E-state index in [4.69, 9.17) is 4.74 Å². The second-order valence-electron chi connectivity index (χ2n) is 4.39. The maximum Gasteiger partial charge on any atom is 0.345 e. The zero-order chi connectivity index (χ0) is 13.8. The van der Waals surface area contributed by atoms with Crippen LogP contribution in [0.3, 0.4) is 0 Å². The van der Waals surface area contributed by atoms with Crippen molar-refractivity contribution >= 4 is 5.78 Å². The number of Topliss-reactive ketones (excluding diaryl/α,β-unsaturated/α-hetero) is 1. The number of rotatable bonds is 6. The Morgan fingerprint density at radius 1 is 1.42 bits per heavy atom. The van der Waals surface area contributed by atoms with Crippen molar-refractivity contribution in [1.29, 1.82) is 0 Å². The third kappa shape index (κ3) is 3.70. The van der Waals surface area contributed by atoms with Gasteiger partial charge < -0.3 is 9.47 Å². The summed E-state index contributed by atoms with van der Waals surface area (Å²) in [6.07, 6.45) is 2.21. The summed E-state index contributed by atoms with van der Waals surface area (Å²) in [6.45, 7) is -0.960. The molecule has 1 aliphatic rings. The quantitative estimate of drug-likeness (QED) is 0.746. The lowest BCUT2D eigenvalue weighted by Gasteiger charge is -2.34. The molecule has 1 fully saturated rings. The summed E-state index contributed by atoms with van der Waals surface area (Å²) in [7, 11) is 0. The lowest BCUT2D eigenvalue weighted by atomic mass is 9.92. The molecular formula is C13H15F2NO3. The highest BCUT2D eigenvalue weighted by atomic mass is 19.3. The van der Waals surface area contributed by atoms with E-state index >= 15 is 0 Å². The van der Waals surface area contributed by atoms with Crippen LogP contribution in [0.1, 0.15) is 36.7 Å². The van der Waals surface area contributed by atoms with Gasteiger partial charge in [0.25, 0.3) is 0 Å². The number of hydrogen-bond donors (Lipinski definition) is 0. The number of halogens is 2. The molecule has 0 aliphatic heterocycles. The Hall–Kier alpha value is -1.56. The van der Waals surface area contributed by atoms with Gasteiger partial charge in [0, 0.05) is 19.3 Å². The summed E-state index contributed by atoms with van der Waals surface area (Å²) in [5.41, 5.74) is 0.405. The minimum absolute atomic E-state index is 0.0272. The first-order valence-corrected chi connectivity index (χ1v) is 6.18. The average Bonchev–Trinajstić information content (AvgIpc) is 2.35. The first-order chi connectivity index (χ1) is 9.08. The van der Waals surface area contributed by atoms with E-state index in [1.807, 2.05) is 0 Å². The molecule has 1 aliphatic carbocycles. The van der Waals surface area contributed by atoms with Gasteiger partial charge in [-0.05, 0) is 12.1 Å². The number of alkyl halides is 2. The highest BCUT2D eigenvalue weighted by Gasteiger charge is 2.33. The molecule has 0 atom stereocenters. The number of aromatic nitrogens is 1. The van der Waals surface area contributed by atoms with E-state index in [-0.39, 0.29) is 11.9 Å². The second kappa shape index (κ2) is 6.06. The van der Waals surface area contributed by atoms with Crippen LogP contribution in [0.4, 0.5) is 8.78 Å². The van der Waals surface area contributed by atoms with Gasteiger partial charge in [0.2, 0.25) is 0 Å². The average molecular weight is 271 g/mol. The molecule has 0 N–H and O–H groups in total. The number of carbonyl (C=O) groups is 1. The zero-order valence-electron chi connectivity index (χ0n) is 10.5. The number of hydrogen-bond acceptors (Lipinski definition) is 4. The molecule has 1 aromatic heterocycles. The standard InChI is InChI=1S/C13H15F2NO3/c1-2-12(17)11-4-3-8(7-16-11)18-9-5-10(6-9)19-13(14)15/h3-4,7,9-10,13H,2,5-6H2,1H3/t9-,10-. The molecule has 0 aromatic carbocycles. The van der Waals surface area contributed by atoms with E-state index in [1.54, 1.807) is 19.1 Å². The van der Waals surface area contributed by atoms with Crippen LogP contribution in [-0.2, 0) is 4.74 Å². The van der Waals surface area contributed by atoms with Gasteiger partial charge in [-0.25, -0.2) is 4.98 Å². The van der Waals surface area contributed by atoms with Gasteiger partial charge in [0.1, 0.15) is 17.5 Å². The fourth-order valence-electron chi connectivity index (χ4n) is 1.86. The number of ether oxygens (including phenoxy) is 2. The molecule has 2 rings (SSSR count). The fourth-order valence-corrected chi connectivity index (χ4v) is 1.86. The van der Waals surface area contributed by atoms with Crippen molar-refractivity contribution in [1.82, 2.24) is 4.98 Å². The van der Waals surface area contributed by atoms with Crippen molar-refractivity contribution < 1.29 is 23.0 Å². The molecule has 6 heteroatoms. The smallest absolute Gasteiger partial charge is 0.345 e. The van der Waals surface area contributed by atoms with Gasteiger partial charge >= 0.3 is 6.61 Å². The van der Waals surface area contributed by atoms with Crippen LogP contribution >= 0.6 is 0 Å². The zero-order valence-corrected chi connectivity index (χ0v) is 10.5. The van der Waals surface area contributed by atoms with Gasteiger partial charge in [-0.15, -0.1) is 0 Å². The molecule has 0 bridgehead atoms. The number of ketones is 1.